The zero-order chi connectivity index (χ0) is 15.2. The van der Waals surface area contributed by atoms with E-state index in [0.29, 0.717) is 15.7 Å². The van der Waals surface area contributed by atoms with Crippen molar-refractivity contribution in [3.8, 4) is 0 Å². The molecule has 0 aliphatic carbocycles. The third-order valence-corrected chi connectivity index (χ3v) is 4.32. The highest BCUT2D eigenvalue weighted by atomic mass is 79.9. The minimum atomic E-state index is -0.412. The Morgan fingerprint density at radius 3 is 2.43 bits per heavy atom. The smallest absolute Gasteiger partial charge is 0.259 e. The fraction of sp³-hybridized carbons (Fsp3) is 0.0667. The van der Waals surface area contributed by atoms with Gasteiger partial charge in [0, 0.05) is 15.1 Å². The van der Waals surface area contributed by atoms with Crippen LogP contribution < -0.4 is 11.1 Å². The fourth-order valence-electron chi connectivity index (χ4n) is 1.59. The van der Waals surface area contributed by atoms with Gasteiger partial charge in [0.1, 0.15) is 0 Å². The van der Waals surface area contributed by atoms with E-state index < -0.39 is 5.91 Å². The summed E-state index contributed by atoms with van der Waals surface area (Å²) in [5.41, 5.74) is 6.70. The highest BCUT2D eigenvalue weighted by Gasteiger charge is 2.12. The molecule has 2 amide bonds. The largest absolute Gasteiger partial charge is 0.399 e. The summed E-state index contributed by atoms with van der Waals surface area (Å²) in [6, 6.07) is 14.2. The van der Waals surface area contributed by atoms with Crippen LogP contribution in [0.25, 0.3) is 0 Å². The van der Waals surface area contributed by atoms with Gasteiger partial charge in [-0.25, -0.2) is 0 Å². The number of hydrogen-bond donors (Lipinski definition) is 2. The van der Waals surface area contributed by atoms with E-state index in [4.69, 9.17) is 5.73 Å². The Balaban J connectivity index is 1.89. The maximum atomic E-state index is 11.9. The molecule has 0 radical (unpaired) electrons. The summed E-state index contributed by atoms with van der Waals surface area (Å²) in [5, 5.41) is 2.37. The van der Waals surface area contributed by atoms with Gasteiger partial charge in [-0.15, -0.1) is 11.8 Å². The molecule has 0 fully saturated rings. The average Bonchev–Trinajstić information content (AvgIpc) is 2.47. The van der Waals surface area contributed by atoms with Crippen LogP contribution in [0.15, 0.2) is 57.9 Å². The molecule has 2 aromatic carbocycles. The molecule has 108 valence electrons. The molecule has 0 aliphatic heterocycles. The third-order valence-electron chi connectivity index (χ3n) is 2.62. The van der Waals surface area contributed by atoms with Gasteiger partial charge in [-0.05, 0) is 52.3 Å². The molecule has 6 heteroatoms. The molecule has 3 N–H and O–H groups in total. The van der Waals surface area contributed by atoms with Gasteiger partial charge in [-0.3, -0.25) is 14.9 Å². The van der Waals surface area contributed by atoms with E-state index in [9.17, 15) is 9.59 Å². The first-order valence-corrected chi connectivity index (χ1v) is 7.91. The van der Waals surface area contributed by atoms with E-state index in [1.807, 2.05) is 12.1 Å². The first-order chi connectivity index (χ1) is 10.1. The van der Waals surface area contributed by atoms with Gasteiger partial charge in [-0.1, -0.05) is 12.1 Å². The first kappa shape index (κ1) is 15.6. The van der Waals surface area contributed by atoms with Crippen LogP contribution in [-0.4, -0.2) is 17.6 Å². The Bertz CT molecular complexity index is 659. The predicted molar refractivity (Wildman–Crippen MR) is 88.2 cm³/mol. The Labute approximate surface area is 135 Å². The Kier molecular flexibility index (Phi) is 5.41. The molecule has 0 saturated heterocycles. The van der Waals surface area contributed by atoms with Gasteiger partial charge in [-0.2, -0.15) is 0 Å². The van der Waals surface area contributed by atoms with Crippen LogP contribution in [-0.2, 0) is 4.79 Å². The quantitative estimate of drug-likeness (QED) is 0.645. The number of carbonyl (C=O) groups is 2. The summed E-state index contributed by atoms with van der Waals surface area (Å²) >= 11 is 4.63. The molecule has 21 heavy (non-hydrogen) atoms. The van der Waals surface area contributed by atoms with Gasteiger partial charge in [0.25, 0.3) is 5.91 Å². The number of thioether (sulfide) groups is 1. The van der Waals surface area contributed by atoms with Crippen molar-refractivity contribution in [2.45, 2.75) is 4.90 Å². The molecule has 4 nitrogen and oxygen atoms in total. The fourth-order valence-corrected chi connectivity index (χ4v) is 2.75. The van der Waals surface area contributed by atoms with Crippen LogP contribution in [0, 0.1) is 0 Å². The second-order valence-electron chi connectivity index (χ2n) is 4.21. The molecular formula is C15H13BrN2O2S. The Morgan fingerprint density at radius 1 is 1.10 bits per heavy atom. The number of rotatable bonds is 4. The van der Waals surface area contributed by atoms with Crippen LogP contribution >= 0.6 is 27.7 Å². The van der Waals surface area contributed by atoms with Gasteiger partial charge in [0.2, 0.25) is 5.91 Å². The minimum Gasteiger partial charge on any atom is -0.399 e. The van der Waals surface area contributed by atoms with Gasteiger partial charge >= 0.3 is 0 Å². The third kappa shape index (κ3) is 4.61. The summed E-state index contributed by atoms with van der Waals surface area (Å²) in [6.45, 7) is 0. The second kappa shape index (κ2) is 7.28. The number of hydrogen-bond acceptors (Lipinski definition) is 4. The zero-order valence-electron chi connectivity index (χ0n) is 11.0. The lowest BCUT2D eigenvalue weighted by Crippen LogP contribution is -2.32. The van der Waals surface area contributed by atoms with E-state index in [1.54, 1.807) is 36.4 Å². The molecule has 0 atom stereocenters. The monoisotopic (exact) mass is 364 g/mol. The number of carbonyl (C=O) groups excluding carboxylic acids is 2. The summed E-state index contributed by atoms with van der Waals surface area (Å²) in [7, 11) is 0. The van der Waals surface area contributed by atoms with Gasteiger partial charge in [0.05, 0.1) is 11.3 Å². The van der Waals surface area contributed by atoms with Crippen LogP contribution in [0.4, 0.5) is 5.69 Å². The number of imide groups is 1. The maximum absolute atomic E-state index is 11.9. The van der Waals surface area contributed by atoms with Crippen molar-refractivity contribution in [2.24, 2.45) is 0 Å². The molecule has 0 saturated carbocycles. The molecule has 0 spiro atoms. The number of nitrogen functional groups attached to an aromatic ring is 1. The van der Waals surface area contributed by atoms with Crippen LogP contribution in [0.2, 0.25) is 0 Å². The SMILES string of the molecule is Nc1ccc(SCC(=O)NC(=O)c2ccccc2Br)cc1. The summed E-state index contributed by atoms with van der Waals surface area (Å²) in [5.74, 6) is -0.580. The normalized spacial score (nSPS) is 10.1. The van der Waals surface area contributed by atoms with Crippen molar-refractivity contribution in [3.05, 3.63) is 58.6 Å². The number of nitrogens with two attached hydrogens (primary N) is 1. The number of anilines is 1. The molecule has 0 bridgehead atoms. The van der Waals surface area contributed by atoms with E-state index in [0.717, 1.165) is 4.90 Å². The second-order valence-corrected chi connectivity index (χ2v) is 6.12. The van der Waals surface area contributed by atoms with Gasteiger partial charge < -0.3 is 5.73 Å². The molecule has 0 heterocycles. The van der Waals surface area contributed by atoms with E-state index in [-0.39, 0.29) is 11.7 Å². The first-order valence-electron chi connectivity index (χ1n) is 6.13. The van der Waals surface area contributed by atoms with Crippen LogP contribution in [0.5, 0.6) is 0 Å². The summed E-state index contributed by atoms with van der Waals surface area (Å²) < 4.78 is 0.654. The molecule has 0 unspecified atom stereocenters. The van der Waals surface area contributed by atoms with Crippen molar-refractivity contribution in [1.82, 2.24) is 5.32 Å². The lowest BCUT2D eigenvalue weighted by atomic mass is 10.2. The predicted octanol–water partition coefficient (Wildman–Crippen LogP) is 3.08. The highest BCUT2D eigenvalue weighted by Crippen LogP contribution is 2.19. The topological polar surface area (TPSA) is 72.2 Å². The zero-order valence-corrected chi connectivity index (χ0v) is 13.4. The molecule has 0 aliphatic rings. The molecule has 0 aromatic heterocycles. The van der Waals surface area contributed by atoms with E-state index >= 15 is 0 Å². The van der Waals surface area contributed by atoms with Crippen molar-refractivity contribution in [3.63, 3.8) is 0 Å². The minimum absolute atomic E-state index is 0.167. The van der Waals surface area contributed by atoms with Gasteiger partial charge in [0.15, 0.2) is 0 Å². The molecule has 2 aromatic rings. The number of amides is 2. The van der Waals surface area contributed by atoms with Crippen molar-refractivity contribution in [1.29, 1.82) is 0 Å². The summed E-state index contributed by atoms with van der Waals surface area (Å²) in [4.78, 5) is 24.7. The highest BCUT2D eigenvalue weighted by molar-refractivity contribution is 9.10. The summed E-state index contributed by atoms with van der Waals surface area (Å²) in [6.07, 6.45) is 0. The Hall–Kier alpha value is -1.79. The maximum Gasteiger partial charge on any atom is 0.259 e. The number of benzene rings is 2. The molecule has 2 rings (SSSR count). The van der Waals surface area contributed by atoms with E-state index in [2.05, 4.69) is 21.2 Å². The standard InChI is InChI=1S/C15H13BrN2O2S/c16-13-4-2-1-3-12(13)15(20)18-14(19)9-21-11-7-5-10(17)6-8-11/h1-8H,9,17H2,(H,18,19,20). The Morgan fingerprint density at radius 2 is 1.76 bits per heavy atom. The van der Waals surface area contributed by atoms with Crippen molar-refractivity contribution in [2.75, 3.05) is 11.5 Å². The molecular weight excluding hydrogens is 352 g/mol. The van der Waals surface area contributed by atoms with E-state index in [1.165, 1.54) is 11.8 Å². The lowest BCUT2D eigenvalue weighted by Gasteiger charge is -2.06. The van der Waals surface area contributed by atoms with Crippen molar-refractivity contribution >= 4 is 45.2 Å². The van der Waals surface area contributed by atoms with Crippen molar-refractivity contribution < 1.29 is 9.59 Å². The number of halogens is 1. The lowest BCUT2D eigenvalue weighted by molar-refractivity contribution is -0.117. The van der Waals surface area contributed by atoms with Crippen LogP contribution in [0.1, 0.15) is 10.4 Å². The average molecular weight is 365 g/mol. The number of nitrogens with one attached hydrogen (secondary N) is 1. The van der Waals surface area contributed by atoms with Crippen LogP contribution in [0.3, 0.4) is 0 Å².